The first kappa shape index (κ1) is 16.2. The Morgan fingerprint density at radius 3 is 2.76 bits per heavy atom. The van der Waals surface area contributed by atoms with Crippen LogP contribution in [0.2, 0.25) is 0 Å². The molecule has 0 saturated carbocycles. The van der Waals surface area contributed by atoms with Crippen LogP contribution in [-0.4, -0.2) is 36.7 Å². The smallest absolute Gasteiger partial charge is 0.169 e. The molecule has 0 radical (unpaired) electrons. The molecule has 0 aromatic heterocycles. The molecule has 2 rings (SSSR count). The quantitative estimate of drug-likeness (QED) is 0.924. The van der Waals surface area contributed by atoms with E-state index in [1.54, 1.807) is 6.07 Å². The van der Waals surface area contributed by atoms with Gasteiger partial charge in [0.25, 0.3) is 0 Å². The Hall–Kier alpha value is -1.13. The van der Waals surface area contributed by atoms with Crippen molar-refractivity contribution in [2.75, 3.05) is 20.2 Å². The molecule has 4 heteroatoms. The Kier molecular flexibility index (Phi) is 4.89. The van der Waals surface area contributed by atoms with E-state index in [2.05, 4.69) is 37.9 Å². The van der Waals surface area contributed by atoms with Gasteiger partial charge in [-0.05, 0) is 25.8 Å². The normalized spacial score (nSPS) is 22.5. The molecule has 1 unspecified atom stereocenters. The fourth-order valence-electron chi connectivity index (χ4n) is 3.08. The first-order chi connectivity index (χ1) is 9.84. The van der Waals surface area contributed by atoms with Crippen LogP contribution in [0.15, 0.2) is 18.2 Å². The van der Waals surface area contributed by atoms with Crippen molar-refractivity contribution < 1.29 is 9.13 Å². The van der Waals surface area contributed by atoms with Gasteiger partial charge in [-0.1, -0.05) is 26.0 Å². The highest BCUT2D eigenvalue weighted by Crippen LogP contribution is 2.26. The van der Waals surface area contributed by atoms with E-state index in [1.165, 1.54) is 7.11 Å². The predicted molar refractivity (Wildman–Crippen MR) is 84.1 cm³/mol. The molecule has 1 fully saturated rings. The van der Waals surface area contributed by atoms with Crippen molar-refractivity contribution in [3.8, 4) is 5.75 Å². The summed E-state index contributed by atoms with van der Waals surface area (Å²) in [6, 6.07) is 5.79. The van der Waals surface area contributed by atoms with Crippen molar-refractivity contribution in [3.05, 3.63) is 29.6 Å². The molecule has 1 aliphatic rings. The molecule has 21 heavy (non-hydrogen) atoms. The molecule has 0 aliphatic carbocycles. The lowest BCUT2D eigenvalue weighted by molar-refractivity contribution is 0.0617. The Balaban J connectivity index is 2.22. The van der Waals surface area contributed by atoms with Crippen molar-refractivity contribution in [2.24, 2.45) is 5.92 Å². The van der Waals surface area contributed by atoms with Gasteiger partial charge in [0.05, 0.1) is 7.11 Å². The Morgan fingerprint density at radius 1 is 1.43 bits per heavy atom. The minimum atomic E-state index is -0.237. The largest absolute Gasteiger partial charge is 0.494 e. The molecule has 1 heterocycles. The average molecular weight is 294 g/mol. The second-order valence-corrected chi connectivity index (χ2v) is 6.91. The lowest BCUT2D eigenvalue weighted by atomic mass is 9.92. The highest BCUT2D eigenvalue weighted by Gasteiger charge is 2.34. The van der Waals surface area contributed by atoms with Crippen molar-refractivity contribution in [2.45, 2.75) is 45.8 Å². The van der Waals surface area contributed by atoms with E-state index >= 15 is 0 Å². The minimum Gasteiger partial charge on any atom is -0.494 e. The lowest BCUT2D eigenvalue weighted by Gasteiger charge is -2.46. The molecule has 1 N–H and O–H groups in total. The molecule has 1 aliphatic heterocycles. The minimum absolute atomic E-state index is 0.0563. The molecule has 1 atom stereocenters. The molecule has 0 bridgehead atoms. The fourth-order valence-corrected chi connectivity index (χ4v) is 3.08. The summed E-state index contributed by atoms with van der Waals surface area (Å²) in [4.78, 5) is 2.39. The van der Waals surface area contributed by atoms with E-state index < -0.39 is 0 Å². The molecule has 3 nitrogen and oxygen atoms in total. The molecule has 1 saturated heterocycles. The molecule has 1 aromatic carbocycles. The summed E-state index contributed by atoms with van der Waals surface area (Å²) in [7, 11) is 1.51. The van der Waals surface area contributed by atoms with Gasteiger partial charge in [-0.2, -0.15) is 0 Å². The number of piperazine rings is 1. The third-order valence-electron chi connectivity index (χ3n) is 4.26. The van der Waals surface area contributed by atoms with E-state index in [1.807, 2.05) is 12.1 Å². The molecule has 0 spiro atoms. The average Bonchev–Trinajstić information content (AvgIpc) is 2.40. The van der Waals surface area contributed by atoms with Crippen LogP contribution in [0.3, 0.4) is 0 Å². The van der Waals surface area contributed by atoms with E-state index in [9.17, 15) is 4.39 Å². The standard InChI is InChI=1S/C17H27FN2O/c1-12(2)14-9-19-17(3,4)11-20(14)10-13-7-6-8-15(21-5)16(13)18/h6-8,12,14,19H,9-11H2,1-5H3. The number of nitrogens with zero attached hydrogens (tertiary/aromatic N) is 1. The third-order valence-corrected chi connectivity index (χ3v) is 4.26. The summed E-state index contributed by atoms with van der Waals surface area (Å²) in [6.45, 7) is 11.3. The lowest BCUT2D eigenvalue weighted by Crippen LogP contribution is -2.62. The number of hydrogen-bond acceptors (Lipinski definition) is 3. The Labute approximate surface area is 127 Å². The van der Waals surface area contributed by atoms with E-state index in [0.29, 0.717) is 29.8 Å². The van der Waals surface area contributed by atoms with Crippen LogP contribution in [0.4, 0.5) is 4.39 Å². The van der Waals surface area contributed by atoms with Gasteiger partial charge in [0.15, 0.2) is 11.6 Å². The van der Waals surface area contributed by atoms with Crippen LogP contribution in [0, 0.1) is 11.7 Å². The highest BCUT2D eigenvalue weighted by molar-refractivity contribution is 5.31. The van der Waals surface area contributed by atoms with Gasteiger partial charge in [-0.25, -0.2) is 4.39 Å². The zero-order chi connectivity index (χ0) is 15.6. The zero-order valence-corrected chi connectivity index (χ0v) is 13.7. The second kappa shape index (κ2) is 6.32. The van der Waals surface area contributed by atoms with Crippen LogP contribution < -0.4 is 10.1 Å². The summed E-state index contributed by atoms with van der Waals surface area (Å²) in [5, 5.41) is 3.58. The first-order valence-electron chi connectivity index (χ1n) is 7.64. The van der Waals surface area contributed by atoms with Gasteiger partial charge in [0, 0.05) is 36.8 Å². The maximum absolute atomic E-state index is 14.4. The number of methoxy groups -OCH3 is 1. The van der Waals surface area contributed by atoms with Gasteiger partial charge < -0.3 is 10.1 Å². The highest BCUT2D eigenvalue weighted by atomic mass is 19.1. The monoisotopic (exact) mass is 294 g/mol. The Bertz CT molecular complexity index is 488. The maximum atomic E-state index is 14.4. The van der Waals surface area contributed by atoms with Crippen molar-refractivity contribution in [3.63, 3.8) is 0 Å². The van der Waals surface area contributed by atoms with Crippen LogP contribution in [-0.2, 0) is 6.54 Å². The van der Waals surface area contributed by atoms with E-state index in [0.717, 1.165) is 13.1 Å². The molecule has 118 valence electrons. The number of hydrogen-bond donors (Lipinski definition) is 1. The first-order valence-corrected chi connectivity index (χ1v) is 7.64. The third kappa shape index (κ3) is 3.74. The molecular weight excluding hydrogens is 267 g/mol. The summed E-state index contributed by atoms with van der Waals surface area (Å²) >= 11 is 0. The van der Waals surface area contributed by atoms with Gasteiger partial charge in [0.2, 0.25) is 0 Å². The maximum Gasteiger partial charge on any atom is 0.169 e. The van der Waals surface area contributed by atoms with E-state index in [-0.39, 0.29) is 11.4 Å². The molecular formula is C17H27FN2O. The van der Waals surface area contributed by atoms with Crippen molar-refractivity contribution in [1.29, 1.82) is 0 Å². The molecule has 0 amide bonds. The number of halogens is 1. The fraction of sp³-hybridized carbons (Fsp3) is 0.647. The van der Waals surface area contributed by atoms with Crippen LogP contribution in [0.5, 0.6) is 5.75 Å². The number of nitrogens with one attached hydrogen (secondary N) is 1. The van der Waals surface area contributed by atoms with Gasteiger partial charge >= 0.3 is 0 Å². The number of benzene rings is 1. The van der Waals surface area contributed by atoms with Gasteiger partial charge in [-0.15, -0.1) is 0 Å². The van der Waals surface area contributed by atoms with Gasteiger partial charge in [0.1, 0.15) is 0 Å². The van der Waals surface area contributed by atoms with E-state index in [4.69, 9.17) is 4.74 Å². The number of rotatable bonds is 4. The summed E-state index contributed by atoms with van der Waals surface area (Å²) in [5.41, 5.74) is 0.762. The van der Waals surface area contributed by atoms with Crippen molar-refractivity contribution in [1.82, 2.24) is 10.2 Å². The topological polar surface area (TPSA) is 24.5 Å². The van der Waals surface area contributed by atoms with Crippen LogP contribution in [0.1, 0.15) is 33.3 Å². The predicted octanol–water partition coefficient (Wildman–Crippen LogP) is 3.04. The van der Waals surface area contributed by atoms with Crippen molar-refractivity contribution >= 4 is 0 Å². The SMILES string of the molecule is COc1cccc(CN2CC(C)(C)NCC2C(C)C)c1F. The summed E-state index contributed by atoms with van der Waals surface area (Å²) < 4.78 is 19.5. The Morgan fingerprint density at radius 2 is 2.14 bits per heavy atom. The van der Waals surface area contributed by atoms with Crippen LogP contribution in [0.25, 0.3) is 0 Å². The van der Waals surface area contributed by atoms with Crippen LogP contribution >= 0.6 is 0 Å². The second-order valence-electron chi connectivity index (χ2n) is 6.91. The number of ether oxygens (including phenoxy) is 1. The summed E-state index contributed by atoms with van der Waals surface area (Å²) in [5.74, 6) is 0.615. The molecule has 1 aromatic rings. The van der Waals surface area contributed by atoms with Gasteiger partial charge in [-0.3, -0.25) is 4.90 Å². The zero-order valence-electron chi connectivity index (χ0n) is 13.7. The summed E-state index contributed by atoms with van der Waals surface area (Å²) in [6.07, 6.45) is 0.